The lowest BCUT2D eigenvalue weighted by Crippen LogP contribution is -2.40. The summed E-state index contributed by atoms with van der Waals surface area (Å²) < 4.78 is 10.8. The predicted octanol–water partition coefficient (Wildman–Crippen LogP) is 1.98. The van der Waals surface area contributed by atoms with Gasteiger partial charge in [-0.15, -0.1) is 0 Å². The van der Waals surface area contributed by atoms with Crippen molar-refractivity contribution in [2.45, 2.75) is 45.2 Å². The van der Waals surface area contributed by atoms with E-state index in [1.807, 2.05) is 26.0 Å². The molecule has 0 unspecified atom stereocenters. The van der Waals surface area contributed by atoms with Crippen LogP contribution >= 0.6 is 0 Å². The van der Waals surface area contributed by atoms with Gasteiger partial charge in [-0.2, -0.15) is 0 Å². The van der Waals surface area contributed by atoms with Crippen molar-refractivity contribution in [2.24, 2.45) is 0 Å². The normalized spacial score (nSPS) is 13.5. The monoisotopic (exact) mass is 334 g/mol. The Labute approximate surface area is 143 Å². The first-order valence-electron chi connectivity index (χ1n) is 8.36. The van der Waals surface area contributed by atoms with Crippen LogP contribution in [0, 0.1) is 0 Å². The van der Waals surface area contributed by atoms with Gasteiger partial charge >= 0.3 is 0 Å². The summed E-state index contributed by atoms with van der Waals surface area (Å²) in [5.41, 5.74) is 0. The second kappa shape index (κ2) is 8.57. The zero-order valence-electron chi connectivity index (χ0n) is 14.6. The minimum absolute atomic E-state index is 0.0332. The third kappa shape index (κ3) is 5.44. The van der Waals surface area contributed by atoms with Crippen LogP contribution < -0.4 is 14.8 Å². The maximum absolute atomic E-state index is 12.5. The first kappa shape index (κ1) is 18.1. The summed E-state index contributed by atoms with van der Waals surface area (Å²) in [5.74, 6) is 1.01. The number of nitrogens with one attached hydrogen (secondary N) is 1. The molecule has 0 aliphatic heterocycles. The molecule has 0 radical (unpaired) electrons. The van der Waals surface area contributed by atoms with E-state index in [0.29, 0.717) is 24.5 Å². The number of methoxy groups -OCH3 is 1. The Morgan fingerprint density at radius 2 is 1.92 bits per heavy atom. The molecule has 0 saturated heterocycles. The summed E-state index contributed by atoms with van der Waals surface area (Å²) >= 11 is 0. The van der Waals surface area contributed by atoms with Crippen LogP contribution in [0.1, 0.15) is 33.1 Å². The summed E-state index contributed by atoms with van der Waals surface area (Å²) in [4.78, 5) is 26.0. The first-order valence-corrected chi connectivity index (χ1v) is 8.36. The zero-order valence-corrected chi connectivity index (χ0v) is 14.6. The molecule has 1 aromatic rings. The summed E-state index contributed by atoms with van der Waals surface area (Å²) in [6.45, 7) is 4.21. The lowest BCUT2D eigenvalue weighted by atomic mass is 10.3. The Morgan fingerprint density at radius 3 is 2.50 bits per heavy atom. The molecular formula is C18H26N2O4. The third-order valence-corrected chi connectivity index (χ3v) is 3.76. The van der Waals surface area contributed by atoms with E-state index in [4.69, 9.17) is 9.47 Å². The van der Waals surface area contributed by atoms with Gasteiger partial charge in [-0.05, 0) is 38.8 Å². The predicted molar refractivity (Wildman–Crippen MR) is 91.1 cm³/mol. The highest BCUT2D eigenvalue weighted by Crippen LogP contribution is 2.28. The molecule has 6 nitrogen and oxygen atoms in total. The molecule has 0 atom stereocenters. The molecule has 132 valence electrons. The van der Waals surface area contributed by atoms with Crippen molar-refractivity contribution in [2.75, 3.05) is 20.3 Å². The number of hydrogen-bond donors (Lipinski definition) is 1. The molecule has 0 bridgehead atoms. The maximum Gasteiger partial charge on any atom is 0.260 e. The maximum atomic E-state index is 12.5. The van der Waals surface area contributed by atoms with Crippen LogP contribution in [0.5, 0.6) is 11.5 Å². The molecule has 0 heterocycles. The van der Waals surface area contributed by atoms with Gasteiger partial charge in [0.05, 0.1) is 7.11 Å². The third-order valence-electron chi connectivity index (χ3n) is 3.76. The van der Waals surface area contributed by atoms with Gasteiger partial charge in [0, 0.05) is 25.0 Å². The fraction of sp³-hybridized carbons (Fsp3) is 0.556. The number of hydrogen-bond acceptors (Lipinski definition) is 4. The SMILES string of the molecule is COc1ccccc1OCC(=O)N(CCC(=O)NC(C)C)C1CC1. The van der Waals surface area contributed by atoms with Gasteiger partial charge in [-0.3, -0.25) is 9.59 Å². The summed E-state index contributed by atoms with van der Waals surface area (Å²) in [7, 11) is 1.56. The van der Waals surface area contributed by atoms with E-state index in [2.05, 4.69) is 5.32 Å². The highest BCUT2D eigenvalue weighted by Gasteiger charge is 2.32. The number of carbonyl (C=O) groups excluding carboxylic acids is 2. The van der Waals surface area contributed by atoms with E-state index >= 15 is 0 Å². The van der Waals surface area contributed by atoms with Crippen molar-refractivity contribution in [3.8, 4) is 11.5 Å². The molecule has 6 heteroatoms. The van der Waals surface area contributed by atoms with E-state index in [9.17, 15) is 9.59 Å². The molecule has 2 amide bonds. The van der Waals surface area contributed by atoms with Gasteiger partial charge in [-0.1, -0.05) is 12.1 Å². The Kier molecular flexibility index (Phi) is 6.46. The smallest absolute Gasteiger partial charge is 0.260 e. The molecule has 1 aliphatic rings. The zero-order chi connectivity index (χ0) is 17.5. The average molecular weight is 334 g/mol. The second-order valence-corrected chi connectivity index (χ2v) is 6.23. The Bertz CT molecular complexity index is 570. The van der Waals surface area contributed by atoms with Crippen LogP contribution in [0.4, 0.5) is 0 Å². The van der Waals surface area contributed by atoms with Crippen LogP contribution in [0.2, 0.25) is 0 Å². The largest absolute Gasteiger partial charge is 0.493 e. The number of carbonyl (C=O) groups is 2. The Balaban J connectivity index is 1.86. The van der Waals surface area contributed by atoms with E-state index in [1.54, 1.807) is 24.1 Å². The first-order chi connectivity index (χ1) is 11.5. The standard InChI is InChI=1S/C18H26N2O4/c1-13(2)19-17(21)10-11-20(14-8-9-14)18(22)12-24-16-7-5-4-6-15(16)23-3/h4-7,13-14H,8-12H2,1-3H3,(H,19,21). The molecule has 1 fully saturated rings. The fourth-order valence-electron chi connectivity index (χ4n) is 2.47. The minimum atomic E-state index is -0.0965. The molecular weight excluding hydrogens is 308 g/mol. The molecule has 2 rings (SSSR count). The van der Waals surface area contributed by atoms with Gasteiger partial charge in [0.2, 0.25) is 5.91 Å². The van der Waals surface area contributed by atoms with Gasteiger partial charge in [0.1, 0.15) is 0 Å². The Morgan fingerprint density at radius 1 is 1.25 bits per heavy atom. The van der Waals surface area contributed by atoms with Gasteiger partial charge in [0.15, 0.2) is 18.1 Å². The average Bonchev–Trinajstić information content (AvgIpc) is 3.37. The van der Waals surface area contributed by atoms with Crippen molar-refractivity contribution in [3.63, 3.8) is 0 Å². The molecule has 1 N–H and O–H groups in total. The lowest BCUT2D eigenvalue weighted by Gasteiger charge is -2.23. The minimum Gasteiger partial charge on any atom is -0.493 e. The number of benzene rings is 1. The fourth-order valence-corrected chi connectivity index (χ4v) is 2.47. The van der Waals surface area contributed by atoms with Crippen LogP contribution in [0.3, 0.4) is 0 Å². The molecule has 1 aliphatic carbocycles. The number of para-hydroxylation sites is 2. The van der Waals surface area contributed by atoms with Crippen LogP contribution in [0.25, 0.3) is 0 Å². The van der Waals surface area contributed by atoms with Crippen molar-refractivity contribution < 1.29 is 19.1 Å². The van der Waals surface area contributed by atoms with Crippen molar-refractivity contribution in [1.82, 2.24) is 10.2 Å². The number of rotatable bonds is 9. The van der Waals surface area contributed by atoms with Gasteiger partial charge in [0.25, 0.3) is 5.91 Å². The van der Waals surface area contributed by atoms with Crippen molar-refractivity contribution >= 4 is 11.8 Å². The van der Waals surface area contributed by atoms with E-state index in [-0.39, 0.29) is 30.5 Å². The van der Waals surface area contributed by atoms with E-state index < -0.39 is 0 Å². The topological polar surface area (TPSA) is 67.9 Å². The molecule has 0 aromatic heterocycles. The highest BCUT2D eigenvalue weighted by molar-refractivity contribution is 5.80. The van der Waals surface area contributed by atoms with Crippen LogP contribution in [-0.2, 0) is 9.59 Å². The van der Waals surface area contributed by atoms with Crippen LogP contribution in [0.15, 0.2) is 24.3 Å². The number of nitrogens with zero attached hydrogens (tertiary/aromatic N) is 1. The van der Waals surface area contributed by atoms with Gasteiger partial charge < -0.3 is 19.7 Å². The van der Waals surface area contributed by atoms with Crippen molar-refractivity contribution in [3.05, 3.63) is 24.3 Å². The molecule has 24 heavy (non-hydrogen) atoms. The number of amides is 2. The van der Waals surface area contributed by atoms with Crippen LogP contribution in [-0.4, -0.2) is 49.1 Å². The lowest BCUT2D eigenvalue weighted by molar-refractivity contribution is -0.134. The second-order valence-electron chi connectivity index (χ2n) is 6.23. The number of ether oxygens (including phenoxy) is 2. The summed E-state index contributed by atoms with van der Waals surface area (Å²) in [5, 5.41) is 2.84. The summed E-state index contributed by atoms with van der Waals surface area (Å²) in [6.07, 6.45) is 2.30. The van der Waals surface area contributed by atoms with Gasteiger partial charge in [-0.25, -0.2) is 0 Å². The van der Waals surface area contributed by atoms with E-state index in [0.717, 1.165) is 12.8 Å². The molecule has 1 aromatic carbocycles. The van der Waals surface area contributed by atoms with E-state index in [1.165, 1.54) is 0 Å². The Hall–Kier alpha value is -2.24. The summed E-state index contributed by atoms with van der Waals surface area (Å²) in [6, 6.07) is 7.58. The highest BCUT2D eigenvalue weighted by atomic mass is 16.5. The van der Waals surface area contributed by atoms with Crippen molar-refractivity contribution in [1.29, 1.82) is 0 Å². The quantitative estimate of drug-likeness (QED) is 0.750. The molecule has 0 spiro atoms. The molecule has 1 saturated carbocycles.